The summed E-state index contributed by atoms with van der Waals surface area (Å²) in [6.07, 6.45) is 2.38. The summed E-state index contributed by atoms with van der Waals surface area (Å²) in [5.41, 5.74) is 1.85. The molecule has 0 saturated heterocycles. The van der Waals surface area contributed by atoms with Gasteiger partial charge in [0, 0.05) is 21.8 Å². The van der Waals surface area contributed by atoms with Gasteiger partial charge < -0.3 is 10.1 Å². The van der Waals surface area contributed by atoms with Crippen molar-refractivity contribution in [3.8, 4) is 0 Å². The minimum atomic E-state index is -0.722. The fourth-order valence-electron chi connectivity index (χ4n) is 1.87. The van der Waals surface area contributed by atoms with E-state index in [9.17, 15) is 14.0 Å². The van der Waals surface area contributed by atoms with E-state index < -0.39 is 24.3 Å². The van der Waals surface area contributed by atoms with E-state index in [4.69, 9.17) is 4.74 Å². The second-order valence-corrected chi connectivity index (χ2v) is 5.83. The van der Waals surface area contributed by atoms with Crippen LogP contribution < -0.4 is 5.32 Å². The van der Waals surface area contributed by atoms with Crippen molar-refractivity contribution in [3.63, 3.8) is 0 Å². The molecule has 0 aliphatic rings. The zero-order valence-electron chi connectivity index (χ0n) is 12.9. The maximum absolute atomic E-state index is 13.4. The first-order chi connectivity index (χ1) is 11.5. The van der Waals surface area contributed by atoms with E-state index in [1.807, 2.05) is 13.0 Å². The summed E-state index contributed by atoms with van der Waals surface area (Å²) in [5, 5.41) is 2.63. The van der Waals surface area contributed by atoms with E-state index >= 15 is 0 Å². The molecule has 0 aliphatic heterocycles. The number of benzene rings is 2. The van der Waals surface area contributed by atoms with Gasteiger partial charge in [0.25, 0.3) is 5.91 Å². The molecule has 0 unspecified atom stereocenters. The Kier molecular flexibility index (Phi) is 6.26. The van der Waals surface area contributed by atoms with Crippen LogP contribution in [-0.2, 0) is 14.3 Å². The first-order valence-electron chi connectivity index (χ1n) is 7.11. The minimum absolute atomic E-state index is 0.268. The van der Waals surface area contributed by atoms with Crippen molar-refractivity contribution in [3.05, 3.63) is 70.0 Å². The Bertz CT molecular complexity index is 790. The molecule has 0 saturated carbocycles. The maximum Gasteiger partial charge on any atom is 0.331 e. The second kappa shape index (κ2) is 8.40. The van der Waals surface area contributed by atoms with Crippen molar-refractivity contribution >= 4 is 39.6 Å². The van der Waals surface area contributed by atoms with E-state index in [1.165, 1.54) is 18.2 Å². The summed E-state index contributed by atoms with van der Waals surface area (Å²) in [5.74, 6) is -1.62. The summed E-state index contributed by atoms with van der Waals surface area (Å²) < 4.78 is 19.1. The number of ether oxygens (including phenoxy) is 1. The molecule has 2 aromatic carbocycles. The zero-order chi connectivity index (χ0) is 17.5. The molecule has 0 heterocycles. The largest absolute Gasteiger partial charge is 0.452 e. The molecule has 2 rings (SSSR count). The van der Waals surface area contributed by atoms with E-state index in [2.05, 4.69) is 21.2 Å². The molecule has 6 heteroatoms. The van der Waals surface area contributed by atoms with Gasteiger partial charge in [0.1, 0.15) is 5.82 Å². The van der Waals surface area contributed by atoms with Gasteiger partial charge >= 0.3 is 5.97 Å². The van der Waals surface area contributed by atoms with Crippen LogP contribution in [0.25, 0.3) is 6.08 Å². The number of hydrogen-bond acceptors (Lipinski definition) is 3. The van der Waals surface area contributed by atoms with E-state index in [0.29, 0.717) is 5.69 Å². The van der Waals surface area contributed by atoms with Crippen molar-refractivity contribution < 1.29 is 18.7 Å². The molecule has 124 valence electrons. The van der Waals surface area contributed by atoms with Crippen LogP contribution in [0.1, 0.15) is 11.1 Å². The molecule has 0 radical (unpaired) electrons. The van der Waals surface area contributed by atoms with Gasteiger partial charge in [0.15, 0.2) is 6.61 Å². The van der Waals surface area contributed by atoms with Crippen LogP contribution in [0, 0.1) is 12.7 Å². The predicted molar refractivity (Wildman–Crippen MR) is 93.9 cm³/mol. The Hall–Kier alpha value is -2.47. The molecule has 1 N–H and O–H groups in total. The van der Waals surface area contributed by atoms with Gasteiger partial charge in [-0.25, -0.2) is 9.18 Å². The summed E-state index contributed by atoms with van der Waals surface area (Å²) in [6, 6.07) is 11.4. The molecule has 0 atom stereocenters. The molecule has 0 fully saturated rings. The third-order valence-electron chi connectivity index (χ3n) is 3.09. The summed E-state index contributed by atoms with van der Waals surface area (Å²) in [7, 11) is 0. The first-order valence-corrected chi connectivity index (χ1v) is 7.90. The SMILES string of the molecule is Cc1cc(NC(=O)COC(=O)/C=C/c2ccccc2F)ccc1Br. The Morgan fingerprint density at radius 2 is 2.00 bits per heavy atom. The average molecular weight is 392 g/mol. The highest BCUT2D eigenvalue weighted by molar-refractivity contribution is 9.10. The average Bonchev–Trinajstić information content (AvgIpc) is 2.55. The second-order valence-electron chi connectivity index (χ2n) is 4.97. The Morgan fingerprint density at radius 1 is 1.25 bits per heavy atom. The molecule has 2 aromatic rings. The molecular weight excluding hydrogens is 377 g/mol. The van der Waals surface area contributed by atoms with Crippen LogP contribution in [0.3, 0.4) is 0 Å². The Morgan fingerprint density at radius 3 is 2.71 bits per heavy atom. The van der Waals surface area contributed by atoms with Crippen molar-refractivity contribution in [2.75, 3.05) is 11.9 Å². The normalized spacial score (nSPS) is 10.6. The van der Waals surface area contributed by atoms with Crippen molar-refractivity contribution in [2.45, 2.75) is 6.92 Å². The van der Waals surface area contributed by atoms with E-state index in [-0.39, 0.29) is 5.56 Å². The molecule has 4 nitrogen and oxygen atoms in total. The highest BCUT2D eigenvalue weighted by atomic mass is 79.9. The smallest absolute Gasteiger partial charge is 0.331 e. The monoisotopic (exact) mass is 391 g/mol. The fourth-order valence-corrected chi connectivity index (χ4v) is 2.12. The Balaban J connectivity index is 1.84. The Labute approximate surface area is 147 Å². The molecule has 0 aliphatic carbocycles. The van der Waals surface area contributed by atoms with Crippen LogP contribution in [0.15, 0.2) is 53.0 Å². The highest BCUT2D eigenvalue weighted by Gasteiger charge is 2.07. The lowest BCUT2D eigenvalue weighted by molar-refractivity contribution is -0.142. The minimum Gasteiger partial charge on any atom is -0.452 e. The number of rotatable bonds is 5. The maximum atomic E-state index is 13.4. The topological polar surface area (TPSA) is 55.4 Å². The van der Waals surface area contributed by atoms with Crippen molar-refractivity contribution in [1.82, 2.24) is 0 Å². The van der Waals surface area contributed by atoms with Gasteiger partial charge in [-0.2, -0.15) is 0 Å². The highest BCUT2D eigenvalue weighted by Crippen LogP contribution is 2.19. The molecule has 0 bridgehead atoms. The number of esters is 1. The fraction of sp³-hybridized carbons (Fsp3) is 0.111. The number of carbonyl (C=O) groups is 2. The summed E-state index contributed by atoms with van der Waals surface area (Å²) in [4.78, 5) is 23.3. The van der Waals surface area contributed by atoms with Gasteiger partial charge in [-0.05, 0) is 42.8 Å². The first kappa shape index (κ1) is 17.9. The molecule has 24 heavy (non-hydrogen) atoms. The third-order valence-corrected chi connectivity index (χ3v) is 3.98. The number of carbonyl (C=O) groups excluding carboxylic acids is 2. The number of nitrogens with one attached hydrogen (secondary N) is 1. The molecule has 1 amide bonds. The number of aryl methyl sites for hydroxylation is 1. The van der Waals surface area contributed by atoms with Crippen molar-refractivity contribution in [1.29, 1.82) is 0 Å². The lowest BCUT2D eigenvalue weighted by Gasteiger charge is -2.07. The summed E-state index contributed by atoms with van der Waals surface area (Å²) in [6.45, 7) is 1.48. The molecule has 0 aromatic heterocycles. The van der Waals surface area contributed by atoms with Gasteiger partial charge in [0.05, 0.1) is 0 Å². The lowest BCUT2D eigenvalue weighted by Crippen LogP contribution is -2.20. The molecular formula is C18H15BrFNO3. The lowest BCUT2D eigenvalue weighted by atomic mass is 10.2. The van der Waals surface area contributed by atoms with Crippen LogP contribution in [-0.4, -0.2) is 18.5 Å². The predicted octanol–water partition coefficient (Wildman–Crippen LogP) is 4.09. The van der Waals surface area contributed by atoms with Crippen LogP contribution in [0.5, 0.6) is 0 Å². The van der Waals surface area contributed by atoms with Crippen molar-refractivity contribution in [2.24, 2.45) is 0 Å². The van der Waals surface area contributed by atoms with Gasteiger partial charge in [-0.1, -0.05) is 34.1 Å². The molecule has 0 spiro atoms. The number of amides is 1. The van der Waals surface area contributed by atoms with Crippen LogP contribution in [0.4, 0.5) is 10.1 Å². The quantitative estimate of drug-likeness (QED) is 0.616. The van der Waals surface area contributed by atoms with Gasteiger partial charge in [0.2, 0.25) is 0 Å². The number of halogens is 2. The number of anilines is 1. The van der Waals surface area contributed by atoms with E-state index in [1.54, 1.807) is 24.3 Å². The summed E-state index contributed by atoms with van der Waals surface area (Å²) >= 11 is 3.37. The number of hydrogen-bond donors (Lipinski definition) is 1. The van der Waals surface area contributed by atoms with E-state index in [0.717, 1.165) is 16.1 Å². The van der Waals surface area contributed by atoms with Crippen LogP contribution in [0.2, 0.25) is 0 Å². The van der Waals surface area contributed by atoms with Gasteiger partial charge in [-0.15, -0.1) is 0 Å². The zero-order valence-corrected chi connectivity index (χ0v) is 14.5. The van der Waals surface area contributed by atoms with Gasteiger partial charge in [-0.3, -0.25) is 4.79 Å². The van der Waals surface area contributed by atoms with Crippen LogP contribution >= 0.6 is 15.9 Å². The third kappa shape index (κ3) is 5.31. The standard InChI is InChI=1S/C18H15BrFNO3/c1-12-10-14(7-8-15(12)19)21-17(22)11-24-18(23)9-6-13-4-2-3-5-16(13)20/h2-10H,11H2,1H3,(H,21,22)/b9-6+.